The molecule has 0 aromatic rings. The molecule has 0 fully saturated rings. The third kappa shape index (κ3) is 11.4. The molecule has 0 aliphatic carbocycles. The van der Waals surface area contributed by atoms with Crippen molar-refractivity contribution in [3.8, 4) is 0 Å². The molecule has 3 unspecified atom stereocenters. The number of nitrogens with zero attached hydrogens (tertiary/aromatic N) is 1. The number of carboxylic acid groups (broad SMARTS) is 2. The van der Waals surface area contributed by atoms with Crippen molar-refractivity contribution in [1.29, 1.82) is 0 Å². The summed E-state index contributed by atoms with van der Waals surface area (Å²) in [7, 11) is 0. The summed E-state index contributed by atoms with van der Waals surface area (Å²) in [5.74, 6) is -5.81. The van der Waals surface area contributed by atoms with Gasteiger partial charge in [0, 0.05) is 6.54 Å². The zero-order valence-corrected chi connectivity index (χ0v) is 16.0. The second kappa shape index (κ2) is 13.7. The standard InChI is InChI=1S/C15H27N7O8/c16-7(2-1-3-19-15(17)18)12(28)21-8(4-10(24)25)14(30)22-9(6-23)13(29)20-5-11(26)27/h7-9,23H,1-6,16H2,(H,20,29)(H,21,28)(H,22,30)(H,24,25)(H,26,27)(H4,17,18,19). The van der Waals surface area contributed by atoms with Gasteiger partial charge in [0.15, 0.2) is 5.96 Å². The lowest BCUT2D eigenvalue weighted by Crippen LogP contribution is -2.57. The summed E-state index contributed by atoms with van der Waals surface area (Å²) in [6, 6.07) is -4.24. The molecule has 0 aromatic carbocycles. The maximum Gasteiger partial charge on any atom is 0.322 e. The Morgan fingerprint density at radius 1 is 0.900 bits per heavy atom. The van der Waals surface area contributed by atoms with Gasteiger partial charge >= 0.3 is 11.9 Å². The van der Waals surface area contributed by atoms with Crippen LogP contribution in [-0.4, -0.2) is 88.8 Å². The molecule has 0 saturated carbocycles. The van der Waals surface area contributed by atoms with E-state index in [9.17, 15) is 29.1 Å². The van der Waals surface area contributed by atoms with Gasteiger partial charge in [-0.1, -0.05) is 0 Å². The fourth-order valence-electron chi connectivity index (χ4n) is 2.07. The van der Waals surface area contributed by atoms with E-state index in [0.29, 0.717) is 6.42 Å². The molecule has 0 aliphatic rings. The first-order chi connectivity index (χ1) is 14.0. The number of aliphatic imine (C=N–C) groups is 1. The van der Waals surface area contributed by atoms with E-state index >= 15 is 0 Å². The van der Waals surface area contributed by atoms with Crippen molar-refractivity contribution in [3.63, 3.8) is 0 Å². The van der Waals surface area contributed by atoms with E-state index in [-0.39, 0.29) is 18.9 Å². The van der Waals surface area contributed by atoms with Crippen LogP contribution in [0.25, 0.3) is 0 Å². The number of carboxylic acids is 2. The Balaban J connectivity index is 4.94. The van der Waals surface area contributed by atoms with E-state index < -0.39 is 67.4 Å². The predicted molar refractivity (Wildman–Crippen MR) is 102 cm³/mol. The van der Waals surface area contributed by atoms with Gasteiger partial charge < -0.3 is 48.5 Å². The summed E-state index contributed by atoms with van der Waals surface area (Å²) in [6.45, 7) is -1.43. The number of amides is 3. The van der Waals surface area contributed by atoms with E-state index in [4.69, 9.17) is 27.4 Å². The molecule has 30 heavy (non-hydrogen) atoms. The van der Waals surface area contributed by atoms with Crippen LogP contribution < -0.4 is 33.2 Å². The first kappa shape index (κ1) is 26.5. The highest BCUT2D eigenvalue weighted by Gasteiger charge is 2.29. The lowest BCUT2D eigenvalue weighted by atomic mass is 10.1. The van der Waals surface area contributed by atoms with Gasteiger partial charge in [-0.25, -0.2) is 0 Å². The minimum atomic E-state index is -1.60. The average Bonchev–Trinajstić information content (AvgIpc) is 2.65. The number of carbonyl (C=O) groups excluding carboxylic acids is 3. The minimum absolute atomic E-state index is 0.128. The molecule has 0 spiro atoms. The molecule has 0 radical (unpaired) electrons. The van der Waals surface area contributed by atoms with Crippen molar-refractivity contribution in [2.75, 3.05) is 19.7 Å². The Kier molecular flexibility index (Phi) is 12.1. The number of aliphatic hydroxyl groups is 1. The highest BCUT2D eigenvalue weighted by molar-refractivity contribution is 5.95. The topological polar surface area (TPSA) is 273 Å². The predicted octanol–water partition coefficient (Wildman–Crippen LogP) is -5.00. The van der Waals surface area contributed by atoms with E-state index in [1.54, 1.807) is 0 Å². The van der Waals surface area contributed by atoms with Gasteiger partial charge in [-0.3, -0.25) is 29.0 Å². The van der Waals surface area contributed by atoms with Crippen LogP contribution in [0.3, 0.4) is 0 Å². The van der Waals surface area contributed by atoms with E-state index in [1.807, 2.05) is 10.6 Å². The number of carbonyl (C=O) groups is 5. The maximum absolute atomic E-state index is 12.3. The quantitative estimate of drug-likeness (QED) is 0.0710. The normalized spacial score (nSPS) is 13.3. The van der Waals surface area contributed by atoms with Gasteiger partial charge in [0.2, 0.25) is 17.7 Å². The number of nitrogens with two attached hydrogens (primary N) is 3. The second-order valence-corrected chi connectivity index (χ2v) is 6.07. The van der Waals surface area contributed by atoms with Crippen molar-refractivity contribution in [3.05, 3.63) is 0 Å². The molecule has 15 heteroatoms. The van der Waals surface area contributed by atoms with Crippen LogP contribution in [0.4, 0.5) is 0 Å². The molecule has 170 valence electrons. The molecule has 0 aliphatic heterocycles. The number of hydrogen-bond acceptors (Lipinski definition) is 8. The molecule has 0 rings (SSSR count). The Bertz CT molecular complexity index is 665. The van der Waals surface area contributed by atoms with Gasteiger partial charge in [0.25, 0.3) is 0 Å². The van der Waals surface area contributed by atoms with Gasteiger partial charge in [-0.05, 0) is 12.8 Å². The number of aliphatic hydroxyl groups excluding tert-OH is 1. The van der Waals surface area contributed by atoms with Crippen LogP contribution in [0.2, 0.25) is 0 Å². The van der Waals surface area contributed by atoms with Crippen molar-refractivity contribution < 1.29 is 39.3 Å². The van der Waals surface area contributed by atoms with Crippen molar-refractivity contribution in [2.24, 2.45) is 22.2 Å². The van der Waals surface area contributed by atoms with Crippen LogP contribution in [0.1, 0.15) is 19.3 Å². The van der Waals surface area contributed by atoms with Crippen molar-refractivity contribution >= 4 is 35.6 Å². The molecule has 0 bridgehead atoms. The third-order valence-electron chi connectivity index (χ3n) is 3.55. The van der Waals surface area contributed by atoms with E-state index in [2.05, 4.69) is 10.3 Å². The summed E-state index contributed by atoms with van der Waals surface area (Å²) in [6.07, 6.45) is -0.341. The van der Waals surface area contributed by atoms with Crippen LogP contribution in [0.15, 0.2) is 4.99 Å². The number of nitrogens with one attached hydrogen (secondary N) is 3. The first-order valence-electron chi connectivity index (χ1n) is 8.71. The zero-order chi connectivity index (χ0) is 23.3. The van der Waals surface area contributed by atoms with Crippen molar-refractivity contribution in [1.82, 2.24) is 16.0 Å². The van der Waals surface area contributed by atoms with Crippen molar-refractivity contribution in [2.45, 2.75) is 37.4 Å². The molecule has 3 amide bonds. The highest BCUT2D eigenvalue weighted by Crippen LogP contribution is 2.00. The number of guanidine groups is 1. The summed E-state index contributed by atoms with van der Waals surface area (Å²) >= 11 is 0. The van der Waals surface area contributed by atoms with Gasteiger partial charge in [0.05, 0.1) is 19.1 Å². The minimum Gasteiger partial charge on any atom is -0.481 e. The maximum atomic E-state index is 12.3. The summed E-state index contributed by atoms with van der Waals surface area (Å²) in [5, 5.41) is 32.9. The molecule has 15 nitrogen and oxygen atoms in total. The molecule has 0 saturated heterocycles. The lowest BCUT2D eigenvalue weighted by Gasteiger charge is -2.22. The summed E-state index contributed by atoms with van der Waals surface area (Å²) in [5.41, 5.74) is 16.0. The number of hydrogen-bond donors (Lipinski definition) is 9. The Labute approximate surface area is 171 Å². The van der Waals surface area contributed by atoms with Crippen LogP contribution in [0, 0.1) is 0 Å². The monoisotopic (exact) mass is 433 g/mol. The lowest BCUT2D eigenvalue weighted by molar-refractivity contribution is -0.142. The number of aliphatic carboxylic acids is 2. The molecule has 0 heterocycles. The molecule has 12 N–H and O–H groups in total. The Hall–Kier alpha value is -3.46. The highest BCUT2D eigenvalue weighted by atomic mass is 16.4. The van der Waals surface area contributed by atoms with Gasteiger partial charge in [0.1, 0.15) is 18.6 Å². The van der Waals surface area contributed by atoms with Crippen LogP contribution >= 0.6 is 0 Å². The summed E-state index contributed by atoms with van der Waals surface area (Å²) in [4.78, 5) is 61.4. The molecule has 3 atom stereocenters. The fourth-order valence-corrected chi connectivity index (χ4v) is 2.07. The average molecular weight is 433 g/mol. The first-order valence-corrected chi connectivity index (χ1v) is 8.71. The zero-order valence-electron chi connectivity index (χ0n) is 16.0. The van der Waals surface area contributed by atoms with Gasteiger partial charge in [-0.2, -0.15) is 0 Å². The summed E-state index contributed by atoms with van der Waals surface area (Å²) < 4.78 is 0. The Morgan fingerprint density at radius 3 is 2.00 bits per heavy atom. The van der Waals surface area contributed by atoms with Crippen LogP contribution in [-0.2, 0) is 24.0 Å². The van der Waals surface area contributed by atoms with E-state index in [0.717, 1.165) is 0 Å². The number of rotatable bonds is 14. The molecular formula is C15H27N7O8. The Morgan fingerprint density at radius 2 is 1.50 bits per heavy atom. The molecule has 0 aromatic heterocycles. The van der Waals surface area contributed by atoms with Gasteiger partial charge in [-0.15, -0.1) is 0 Å². The largest absolute Gasteiger partial charge is 0.481 e. The third-order valence-corrected chi connectivity index (χ3v) is 3.55. The SMILES string of the molecule is NC(N)=NCCCC(N)C(=O)NC(CC(=O)O)C(=O)NC(CO)C(=O)NCC(=O)O. The van der Waals surface area contributed by atoms with E-state index in [1.165, 1.54) is 0 Å². The smallest absolute Gasteiger partial charge is 0.322 e. The second-order valence-electron chi connectivity index (χ2n) is 6.07. The van der Waals surface area contributed by atoms with Crippen LogP contribution in [0.5, 0.6) is 0 Å². The molecular weight excluding hydrogens is 406 g/mol. The fraction of sp³-hybridized carbons (Fsp3) is 0.600.